The maximum absolute atomic E-state index is 12.3. The second kappa shape index (κ2) is 25.9. The van der Waals surface area contributed by atoms with E-state index >= 15 is 0 Å². The predicted molar refractivity (Wildman–Crippen MR) is 190 cm³/mol. The molecule has 0 radical (unpaired) electrons. The van der Waals surface area contributed by atoms with Crippen molar-refractivity contribution in [1.82, 2.24) is 14.7 Å². The Kier molecular flexibility index (Phi) is 23.0. The molecule has 0 bridgehead atoms. The van der Waals surface area contributed by atoms with Crippen molar-refractivity contribution in [2.75, 3.05) is 59.0 Å². The van der Waals surface area contributed by atoms with Crippen molar-refractivity contribution in [1.29, 1.82) is 0 Å². The first-order chi connectivity index (χ1) is 26.3. The molecule has 56 heavy (non-hydrogen) atoms. The van der Waals surface area contributed by atoms with E-state index in [2.05, 4.69) is 0 Å². The number of aromatic hydroxyl groups is 1. The number of rotatable bonds is 26. The van der Waals surface area contributed by atoms with E-state index < -0.39 is 93.1 Å². The molecule has 2 aromatic carbocycles. The lowest BCUT2D eigenvalue weighted by Crippen LogP contribution is -2.55. The van der Waals surface area contributed by atoms with Crippen molar-refractivity contribution >= 4 is 52.4 Å². The Morgan fingerprint density at radius 3 is 1.54 bits per heavy atom. The van der Waals surface area contributed by atoms with Crippen LogP contribution in [0, 0.1) is 3.57 Å². The summed E-state index contributed by atoms with van der Waals surface area (Å²) in [6.45, 7) is -2.99. The molecule has 0 heterocycles. The zero-order valence-electron chi connectivity index (χ0n) is 30.3. The van der Waals surface area contributed by atoms with Crippen LogP contribution in [0.5, 0.6) is 17.2 Å². The van der Waals surface area contributed by atoms with Crippen molar-refractivity contribution in [3.8, 4) is 17.2 Å². The summed E-state index contributed by atoms with van der Waals surface area (Å²) in [5.74, 6) is -6.92. The zero-order valence-corrected chi connectivity index (χ0v) is 32.5. The minimum atomic E-state index is -1.58. The van der Waals surface area contributed by atoms with Crippen LogP contribution in [-0.4, -0.2) is 165 Å². The Bertz CT molecular complexity index is 1480. The highest BCUT2D eigenvalue weighted by atomic mass is 127. The van der Waals surface area contributed by atoms with Gasteiger partial charge in [0.2, 0.25) is 0 Å². The van der Waals surface area contributed by atoms with Gasteiger partial charge in [-0.3, -0.25) is 14.7 Å². The Morgan fingerprint density at radius 1 is 0.696 bits per heavy atom. The predicted octanol–water partition coefficient (Wildman–Crippen LogP) is -7.42. The third-order valence-corrected chi connectivity index (χ3v) is 8.81. The Labute approximate surface area is 335 Å². The van der Waals surface area contributed by atoms with Gasteiger partial charge in [0.05, 0.1) is 52.2 Å². The fraction of sp³-hybridized carbons (Fsp3) is 0.514. The number of phenolic OH excluding ortho intramolecular Hbond substituents is 1. The summed E-state index contributed by atoms with van der Waals surface area (Å²) in [4.78, 5) is 59.8. The number of halogens is 1. The number of hydrogen-bond donors (Lipinski definition) is 6. The van der Waals surface area contributed by atoms with Crippen LogP contribution < -0.4 is 30.3 Å². The number of phenols is 1. The summed E-state index contributed by atoms with van der Waals surface area (Å²) in [6.07, 6.45) is -4.55. The van der Waals surface area contributed by atoms with Gasteiger partial charge >= 0.3 is 0 Å². The van der Waals surface area contributed by atoms with E-state index in [9.17, 15) is 64.8 Å². The molecule has 20 nitrogen and oxygen atoms in total. The van der Waals surface area contributed by atoms with Gasteiger partial charge in [-0.15, -0.1) is 0 Å². The van der Waals surface area contributed by atoms with Gasteiger partial charge in [0.1, 0.15) is 35.6 Å². The molecular weight excluding hydrogens is 861 g/mol. The normalized spacial score (nSPS) is 14.0. The average molecular weight is 907 g/mol. The van der Waals surface area contributed by atoms with Gasteiger partial charge in [-0.05, 0) is 71.3 Å². The van der Waals surface area contributed by atoms with Gasteiger partial charge in [-0.1, -0.05) is 25.5 Å². The summed E-state index contributed by atoms with van der Waals surface area (Å²) in [5, 5.41) is 111. The third-order valence-electron chi connectivity index (χ3n) is 7.95. The molecule has 314 valence electrons. The molecule has 0 amide bonds. The average Bonchev–Trinajstić information content (AvgIpc) is 3.11. The minimum Gasteiger partial charge on any atom is -0.549 e. The molecule has 0 saturated carbocycles. The lowest BCUT2D eigenvalue weighted by Gasteiger charge is -2.36. The molecular formula is C35H45IN3O17-5. The van der Waals surface area contributed by atoms with Crippen molar-refractivity contribution < 1.29 is 84.9 Å². The van der Waals surface area contributed by atoms with Crippen molar-refractivity contribution in [3.05, 3.63) is 51.6 Å². The minimum absolute atomic E-state index is 0.0888. The maximum atomic E-state index is 12.3. The van der Waals surface area contributed by atoms with Crippen LogP contribution in [-0.2, 0) is 30.4 Å². The number of ether oxygens (including phenoxy) is 1. The number of nitrogens with zero attached hydrogens (tertiary/aromatic N) is 3. The van der Waals surface area contributed by atoms with Crippen LogP contribution in [0.3, 0.4) is 0 Å². The topological polar surface area (TPSA) is 341 Å². The van der Waals surface area contributed by atoms with Crippen molar-refractivity contribution in [3.63, 3.8) is 0 Å². The molecule has 0 aliphatic rings. The van der Waals surface area contributed by atoms with Crippen LogP contribution in [0.2, 0.25) is 0 Å². The molecule has 0 spiro atoms. The molecule has 0 saturated heterocycles. The molecule has 0 aliphatic heterocycles. The van der Waals surface area contributed by atoms with Crippen LogP contribution >= 0.6 is 22.6 Å². The Morgan fingerprint density at radius 2 is 1.14 bits per heavy atom. The molecule has 5 atom stereocenters. The summed E-state index contributed by atoms with van der Waals surface area (Å²) in [6, 6.07) is 9.59. The summed E-state index contributed by atoms with van der Waals surface area (Å²) in [5.41, 5.74) is 0.509. The van der Waals surface area contributed by atoms with Crippen LogP contribution in [0.25, 0.3) is 0 Å². The van der Waals surface area contributed by atoms with Gasteiger partial charge in [0, 0.05) is 52.4 Å². The molecule has 2 aromatic rings. The van der Waals surface area contributed by atoms with E-state index in [4.69, 9.17) is 20.1 Å². The second-order valence-electron chi connectivity index (χ2n) is 12.4. The number of aliphatic hydroxyl groups is 5. The number of carbonyl (C=O) groups is 5. The van der Waals surface area contributed by atoms with Gasteiger partial charge < -0.3 is 84.9 Å². The van der Waals surface area contributed by atoms with Crippen molar-refractivity contribution in [2.45, 2.75) is 56.6 Å². The third kappa shape index (κ3) is 19.6. The van der Waals surface area contributed by atoms with Crippen LogP contribution in [0.15, 0.2) is 42.5 Å². The highest BCUT2D eigenvalue weighted by molar-refractivity contribution is 14.1. The van der Waals surface area contributed by atoms with E-state index in [-0.39, 0.29) is 38.3 Å². The highest BCUT2D eigenvalue weighted by Crippen LogP contribution is 2.28. The number of aliphatic carboxylic acids is 5. The molecule has 6 N–H and O–H groups in total. The Hall–Kier alpha value is -4.20. The number of hydrogen-bond acceptors (Lipinski definition) is 20. The highest BCUT2D eigenvalue weighted by Gasteiger charge is 2.29. The van der Waals surface area contributed by atoms with Gasteiger partial charge in [0.15, 0.2) is 0 Å². The SMILES string of the molecule is CCC[C@H](O)[C@@H](O)[C@H](O)C(O)CO.O=C([O-])CN(CCN(CCN(CC(=O)[O-])CC(=O)[O-])[C@@H](Cc1ccc(Oc2ccc(O)c(I)c2)cc1)C(=O)[O-])CC(=O)[O-]. The monoisotopic (exact) mass is 906 g/mol. The smallest absolute Gasteiger partial charge is 0.129 e. The largest absolute Gasteiger partial charge is 0.549 e. The quantitative estimate of drug-likeness (QED) is 0.0478. The number of benzene rings is 2. The number of carboxylic acid groups (broad SMARTS) is 5. The Balaban J connectivity index is 0.00000103. The first-order valence-electron chi connectivity index (χ1n) is 17.0. The lowest BCUT2D eigenvalue weighted by atomic mass is 10.0. The first-order valence-corrected chi connectivity index (χ1v) is 18.1. The van der Waals surface area contributed by atoms with E-state index in [1.165, 1.54) is 11.0 Å². The van der Waals surface area contributed by atoms with Crippen molar-refractivity contribution in [2.24, 2.45) is 0 Å². The van der Waals surface area contributed by atoms with Gasteiger partial charge in [-0.25, -0.2) is 0 Å². The summed E-state index contributed by atoms with van der Waals surface area (Å²) < 4.78 is 6.32. The number of aliphatic hydroxyl groups excluding tert-OH is 5. The molecule has 0 aliphatic carbocycles. The number of carboxylic acids is 5. The standard InChI is InChI=1S/C27H32IN3O12.C8H18O5/c28-20-12-19(5-6-22(20)32)43-18-3-1-17(2-4-18)11-21(27(41)42)31(9-7-29(13-23(33)34)14-24(35)36)10-8-30(15-25(37)38)16-26(39)40;1-2-3-5(10)7(12)8(13)6(11)4-9/h1-6,12,21,32H,7-11,13-16H2,(H,33,34)(H,35,36)(H,37,38)(H,39,40)(H,41,42);5-13H,2-4H2,1H3/p-5/t21-;5-,6?,7+,8+/m00/s1. The van der Waals surface area contributed by atoms with E-state index in [0.29, 0.717) is 33.5 Å². The van der Waals surface area contributed by atoms with Gasteiger partial charge in [-0.2, -0.15) is 0 Å². The second-order valence-corrected chi connectivity index (χ2v) is 13.6. The fourth-order valence-corrected chi connectivity index (χ4v) is 5.60. The van der Waals surface area contributed by atoms with E-state index in [1.54, 1.807) is 36.4 Å². The molecule has 2 rings (SSSR count). The molecule has 21 heteroatoms. The maximum Gasteiger partial charge on any atom is 0.129 e. The molecule has 0 fully saturated rings. The number of carbonyl (C=O) groups excluding carboxylic acids is 5. The van der Waals surface area contributed by atoms with E-state index in [1.807, 2.05) is 29.5 Å². The molecule has 0 aromatic heterocycles. The summed E-state index contributed by atoms with van der Waals surface area (Å²) >= 11 is 1.94. The summed E-state index contributed by atoms with van der Waals surface area (Å²) in [7, 11) is 0. The van der Waals surface area contributed by atoms with E-state index in [0.717, 1.165) is 9.80 Å². The lowest BCUT2D eigenvalue weighted by molar-refractivity contribution is -0.314. The molecule has 1 unspecified atom stereocenters. The van der Waals surface area contributed by atoms with Gasteiger partial charge in [0.25, 0.3) is 0 Å². The van der Waals surface area contributed by atoms with Crippen LogP contribution in [0.1, 0.15) is 25.3 Å². The first kappa shape index (κ1) is 49.8. The zero-order chi connectivity index (χ0) is 42.5. The fourth-order valence-electron chi connectivity index (χ4n) is 5.12. The van der Waals surface area contributed by atoms with Crippen LogP contribution in [0.4, 0.5) is 0 Å².